The smallest absolute Gasteiger partial charge is 0.255 e. The van der Waals surface area contributed by atoms with Crippen molar-refractivity contribution in [3.05, 3.63) is 35.9 Å². The third-order valence-corrected chi connectivity index (χ3v) is 4.17. The zero-order chi connectivity index (χ0) is 11.9. The number of benzene rings is 1. The van der Waals surface area contributed by atoms with E-state index in [1.165, 1.54) is 23.6 Å². The van der Waals surface area contributed by atoms with Gasteiger partial charge in [0.25, 0.3) is 6.17 Å². The summed E-state index contributed by atoms with van der Waals surface area (Å²) in [5, 5.41) is 12.0. The fourth-order valence-corrected chi connectivity index (χ4v) is 3.04. The van der Waals surface area contributed by atoms with Gasteiger partial charge in [0.1, 0.15) is 5.54 Å². The first-order valence-electron chi connectivity index (χ1n) is 6.38. The molecule has 0 spiro atoms. The lowest BCUT2D eigenvalue weighted by Crippen LogP contribution is -2.73. The molecule has 17 heavy (non-hydrogen) atoms. The lowest BCUT2D eigenvalue weighted by atomic mass is 9.82. The molecule has 1 heterocycles. The van der Waals surface area contributed by atoms with Crippen molar-refractivity contribution in [3.63, 3.8) is 0 Å². The summed E-state index contributed by atoms with van der Waals surface area (Å²) >= 11 is 0. The quantitative estimate of drug-likeness (QED) is 0.763. The van der Waals surface area contributed by atoms with Crippen molar-refractivity contribution in [2.45, 2.75) is 44.3 Å². The van der Waals surface area contributed by atoms with Gasteiger partial charge in [0.05, 0.1) is 0 Å². The zero-order valence-electron chi connectivity index (χ0n) is 10.2. The molecule has 2 N–H and O–H groups in total. The molecule has 1 aliphatic heterocycles. The van der Waals surface area contributed by atoms with Crippen LogP contribution in [0.2, 0.25) is 0 Å². The second-order valence-electron chi connectivity index (χ2n) is 5.26. The van der Waals surface area contributed by atoms with E-state index in [0.29, 0.717) is 0 Å². The van der Waals surface area contributed by atoms with E-state index >= 15 is 0 Å². The second kappa shape index (κ2) is 3.93. The Morgan fingerprint density at radius 1 is 1.29 bits per heavy atom. The van der Waals surface area contributed by atoms with Crippen molar-refractivity contribution in [1.29, 1.82) is 0 Å². The molecule has 0 radical (unpaired) electrons. The summed E-state index contributed by atoms with van der Waals surface area (Å²) in [6.45, 7) is 2.14. The fraction of sp³-hybridized carbons (Fsp3) is 0.500. The predicted octanol–water partition coefficient (Wildman–Crippen LogP) is 1.24. The van der Waals surface area contributed by atoms with Gasteiger partial charge in [0, 0.05) is 12.0 Å². The maximum atomic E-state index is 10.4. The first kappa shape index (κ1) is 10.9. The van der Waals surface area contributed by atoms with Crippen LogP contribution in [0.15, 0.2) is 30.3 Å². The van der Waals surface area contributed by atoms with Crippen LogP contribution in [0.4, 0.5) is 0 Å². The molecule has 1 fully saturated rings. The van der Waals surface area contributed by atoms with E-state index in [1.807, 2.05) is 18.2 Å². The number of hydrogen-bond acceptors (Lipinski definition) is 2. The van der Waals surface area contributed by atoms with E-state index in [1.54, 1.807) is 0 Å². The topological polar surface area (TPSA) is 37.4 Å². The van der Waals surface area contributed by atoms with Crippen molar-refractivity contribution in [2.24, 2.45) is 0 Å². The van der Waals surface area contributed by atoms with Crippen molar-refractivity contribution in [2.75, 3.05) is 0 Å². The molecule has 2 aliphatic rings. The average Bonchev–Trinajstić information content (AvgIpc) is 2.64. The summed E-state index contributed by atoms with van der Waals surface area (Å²) in [6, 6.07) is 10.1. The minimum absolute atomic E-state index is 0.0886. The Morgan fingerprint density at radius 2 is 2.06 bits per heavy atom. The maximum Gasteiger partial charge on any atom is 0.255 e. The number of fused-ring (bicyclic) bond motifs is 1. The summed E-state index contributed by atoms with van der Waals surface area (Å²) in [4.78, 5) is 3.49. The van der Waals surface area contributed by atoms with Crippen LogP contribution in [0.3, 0.4) is 0 Å². The zero-order valence-corrected chi connectivity index (χ0v) is 10.2. The molecule has 0 saturated heterocycles. The standard InChI is InChI=1S/C14H18N2O/c1-14-10-6-5-9-12(14)15-13(16(14)17)11-7-3-2-4-8-11/h2-4,7-8,13,17H,5-6,9-10H2,1H3/p+1/t13-,14+/m1/s1. The molecule has 2 atom stereocenters. The first-order chi connectivity index (χ1) is 8.22. The third-order valence-electron chi connectivity index (χ3n) is 4.17. The van der Waals surface area contributed by atoms with Crippen LogP contribution >= 0.6 is 0 Å². The summed E-state index contributed by atoms with van der Waals surface area (Å²) < 4.78 is 0. The number of hydroxylamine groups is 2. The van der Waals surface area contributed by atoms with Gasteiger partial charge in [0.2, 0.25) is 0 Å². The van der Waals surface area contributed by atoms with E-state index in [2.05, 4.69) is 24.0 Å². The fourth-order valence-electron chi connectivity index (χ4n) is 3.04. The van der Waals surface area contributed by atoms with Gasteiger partial charge in [-0.05, 0) is 19.8 Å². The molecule has 3 nitrogen and oxygen atoms in total. The van der Waals surface area contributed by atoms with E-state index < -0.39 is 0 Å². The van der Waals surface area contributed by atoms with E-state index in [-0.39, 0.29) is 11.7 Å². The van der Waals surface area contributed by atoms with Crippen molar-refractivity contribution in [3.8, 4) is 0 Å². The van der Waals surface area contributed by atoms with Crippen molar-refractivity contribution in [1.82, 2.24) is 5.06 Å². The van der Waals surface area contributed by atoms with Crippen LogP contribution in [0.1, 0.15) is 44.3 Å². The van der Waals surface area contributed by atoms with E-state index in [9.17, 15) is 5.21 Å². The molecule has 1 aliphatic carbocycles. The number of nitrogens with one attached hydrogen (secondary N) is 1. The van der Waals surface area contributed by atoms with Gasteiger partial charge in [-0.25, -0.2) is 4.99 Å². The molecule has 0 aromatic heterocycles. The normalized spacial score (nSPS) is 33.3. The van der Waals surface area contributed by atoms with Crippen LogP contribution in [-0.4, -0.2) is 21.5 Å². The highest BCUT2D eigenvalue weighted by Crippen LogP contribution is 2.34. The Balaban J connectivity index is 1.97. The maximum absolute atomic E-state index is 10.4. The predicted molar refractivity (Wildman–Crippen MR) is 65.7 cm³/mol. The van der Waals surface area contributed by atoms with Gasteiger partial charge in [-0.2, -0.15) is 0 Å². The highest BCUT2D eigenvalue weighted by molar-refractivity contribution is 5.89. The van der Waals surface area contributed by atoms with Gasteiger partial charge in [-0.3, -0.25) is 0 Å². The molecule has 1 aromatic rings. The third kappa shape index (κ3) is 1.61. The minimum Gasteiger partial charge on any atom is -0.307 e. The summed E-state index contributed by atoms with van der Waals surface area (Å²) in [6.07, 6.45) is 4.45. The molecule has 0 bridgehead atoms. The Hall–Kier alpha value is -1.19. The average molecular weight is 231 g/mol. The molecule has 0 unspecified atom stereocenters. The number of hydrogen-bond donors (Lipinski definition) is 2. The molecule has 0 amide bonds. The van der Waals surface area contributed by atoms with Gasteiger partial charge in [0.15, 0.2) is 5.71 Å². The molecular weight excluding hydrogens is 212 g/mol. The molecule has 1 saturated carbocycles. The molecule has 90 valence electrons. The Labute approximate surface area is 102 Å². The molecule has 3 heteroatoms. The molecule has 3 rings (SSSR count). The molecule has 1 aromatic carbocycles. The summed E-state index contributed by atoms with van der Waals surface area (Å²) in [7, 11) is 0. The number of rotatable bonds is 1. The Morgan fingerprint density at radius 3 is 2.76 bits per heavy atom. The minimum atomic E-state index is -0.182. The van der Waals surface area contributed by atoms with Gasteiger partial charge in [-0.15, -0.1) is 5.06 Å². The first-order valence-corrected chi connectivity index (χ1v) is 6.38. The van der Waals surface area contributed by atoms with Crippen LogP contribution in [0.5, 0.6) is 0 Å². The van der Waals surface area contributed by atoms with Gasteiger partial charge in [-0.1, -0.05) is 36.8 Å². The largest absolute Gasteiger partial charge is 0.307 e. The Kier molecular flexibility index (Phi) is 2.53. The van der Waals surface area contributed by atoms with Crippen LogP contribution in [0.25, 0.3) is 0 Å². The lowest BCUT2D eigenvalue weighted by Gasteiger charge is -2.32. The van der Waals surface area contributed by atoms with Crippen molar-refractivity contribution >= 4 is 5.71 Å². The lowest BCUT2D eigenvalue weighted by molar-refractivity contribution is -0.549. The van der Waals surface area contributed by atoms with E-state index in [0.717, 1.165) is 18.4 Å². The SMILES string of the molecule is C[C@]12CCCCC1=[NH+][C@@H](c1ccccc1)N2O. The Bertz CT molecular complexity index is 443. The van der Waals surface area contributed by atoms with Gasteiger partial charge < -0.3 is 5.21 Å². The van der Waals surface area contributed by atoms with E-state index in [4.69, 9.17) is 0 Å². The van der Waals surface area contributed by atoms with Crippen LogP contribution in [-0.2, 0) is 0 Å². The highest BCUT2D eigenvalue weighted by Gasteiger charge is 2.52. The highest BCUT2D eigenvalue weighted by atomic mass is 16.5. The van der Waals surface area contributed by atoms with Crippen molar-refractivity contribution < 1.29 is 10.2 Å². The number of nitrogens with zero attached hydrogens (tertiary/aromatic N) is 1. The van der Waals surface area contributed by atoms with Gasteiger partial charge >= 0.3 is 0 Å². The second-order valence-corrected chi connectivity index (χ2v) is 5.26. The summed E-state index contributed by atoms with van der Waals surface area (Å²) in [5.41, 5.74) is 2.23. The molecular formula is C14H19N2O+. The van der Waals surface area contributed by atoms with Crippen LogP contribution < -0.4 is 4.99 Å². The monoisotopic (exact) mass is 231 g/mol. The summed E-state index contributed by atoms with van der Waals surface area (Å²) in [5.74, 6) is 0. The van der Waals surface area contributed by atoms with Crippen LogP contribution in [0, 0.1) is 0 Å².